The number of thiazole rings is 1. The van der Waals surface area contributed by atoms with E-state index in [9.17, 15) is 9.59 Å². The quantitative estimate of drug-likeness (QED) is 0.937. The molecule has 23 heavy (non-hydrogen) atoms. The Morgan fingerprint density at radius 3 is 2.91 bits per heavy atom. The van der Waals surface area contributed by atoms with Crippen LogP contribution < -0.4 is 10.9 Å². The second-order valence-electron chi connectivity index (χ2n) is 5.86. The maximum absolute atomic E-state index is 12.3. The van der Waals surface area contributed by atoms with Gasteiger partial charge in [-0.05, 0) is 45.6 Å². The van der Waals surface area contributed by atoms with E-state index in [2.05, 4.69) is 10.3 Å². The molecule has 1 atom stereocenters. The Morgan fingerprint density at radius 2 is 2.22 bits per heavy atom. The summed E-state index contributed by atoms with van der Waals surface area (Å²) in [6, 6.07) is 2.92. The van der Waals surface area contributed by atoms with Crippen molar-refractivity contribution in [1.29, 1.82) is 0 Å². The fourth-order valence-corrected chi connectivity index (χ4v) is 3.97. The Kier molecular flexibility index (Phi) is 4.61. The summed E-state index contributed by atoms with van der Waals surface area (Å²) < 4.78 is 1.56. The molecule has 6 heteroatoms. The Morgan fingerprint density at radius 1 is 1.43 bits per heavy atom. The number of hydrogen-bond donors (Lipinski definition) is 1. The molecule has 5 nitrogen and oxygen atoms in total. The molecule has 2 aromatic heterocycles. The molecule has 0 aromatic carbocycles. The van der Waals surface area contributed by atoms with E-state index in [4.69, 9.17) is 0 Å². The van der Waals surface area contributed by atoms with Crippen molar-refractivity contribution in [3.8, 4) is 0 Å². The fourth-order valence-electron chi connectivity index (χ4n) is 2.81. The van der Waals surface area contributed by atoms with Crippen molar-refractivity contribution in [3.05, 3.63) is 49.8 Å². The van der Waals surface area contributed by atoms with Gasteiger partial charge in [0.2, 0.25) is 0 Å². The molecule has 0 saturated carbocycles. The average Bonchev–Trinajstić information content (AvgIpc) is 2.99. The van der Waals surface area contributed by atoms with Crippen molar-refractivity contribution in [1.82, 2.24) is 14.9 Å². The molecule has 0 unspecified atom stereocenters. The topological polar surface area (TPSA) is 64.0 Å². The Balaban J connectivity index is 1.73. The lowest BCUT2D eigenvalue weighted by Gasteiger charge is -2.11. The number of hydrogen-bond acceptors (Lipinski definition) is 4. The molecular weight excluding hydrogens is 310 g/mol. The molecule has 2 aromatic rings. The van der Waals surface area contributed by atoms with Crippen LogP contribution in [0.5, 0.6) is 0 Å². The molecule has 0 fully saturated rings. The van der Waals surface area contributed by atoms with Gasteiger partial charge in [0.05, 0.1) is 11.7 Å². The minimum absolute atomic E-state index is 0.147. The van der Waals surface area contributed by atoms with E-state index in [1.165, 1.54) is 29.5 Å². The van der Waals surface area contributed by atoms with Crippen LogP contribution >= 0.6 is 11.3 Å². The molecule has 0 spiro atoms. The highest BCUT2D eigenvalue weighted by molar-refractivity contribution is 7.11. The van der Waals surface area contributed by atoms with Crippen molar-refractivity contribution in [2.45, 2.75) is 52.1 Å². The summed E-state index contributed by atoms with van der Waals surface area (Å²) >= 11 is 1.70. The fraction of sp³-hybridized carbons (Fsp3) is 0.471. The number of nitrogens with one attached hydrogen (secondary N) is 1. The smallest absolute Gasteiger partial charge is 0.252 e. The van der Waals surface area contributed by atoms with E-state index in [1.54, 1.807) is 28.2 Å². The van der Waals surface area contributed by atoms with E-state index >= 15 is 0 Å². The number of pyridine rings is 1. The van der Waals surface area contributed by atoms with Crippen molar-refractivity contribution in [2.24, 2.45) is 0 Å². The molecular formula is C17H21N3O2S. The first kappa shape index (κ1) is 15.9. The molecule has 122 valence electrons. The number of amides is 1. The summed E-state index contributed by atoms with van der Waals surface area (Å²) in [5.41, 5.74) is 1.44. The zero-order valence-corrected chi connectivity index (χ0v) is 14.3. The average molecular weight is 331 g/mol. The van der Waals surface area contributed by atoms with Gasteiger partial charge in [-0.3, -0.25) is 9.59 Å². The molecule has 0 bridgehead atoms. The monoisotopic (exact) mass is 331 g/mol. The van der Waals surface area contributed by atoms with Gasteiger partial charge in [-0.25, -0.2) is 4.98 Å². The number of carbonyl (C=O) groups excluding carboxylic acids is 1. The summed E-state index contributed by atoms with van der Waals surface area (Å²) in [6.45, 7) is 4.44. The first-order chi connectivity index (χ1) is 11.1. The summed E-state index contributed by atoms with van der Waals surface area (Å²) in [4.78, 5) is 30.2. The number of aryl methyl sites for hydroxylation is 3. The van der Waals surface area contributed by atoms with E-state index in [0.29, 0.717) is 12.1 Å². The predicted molar refractivity (Wildman–Crippen MR) is 91.0 cm³/mol. The Hall–Kier alpha value is -1.95. The van der Waals surface area contributed by atoms with Gasteiger partial charge in [-0.15, -0.1) is 11.3 Å². The first-order valence-corrected chi connectivity index (χ1v) is 8.90. The highest BCUT2D eigenvalue weighted by Gasteiger charge is 2.20. The third kappa shape index (κ3) is 3.37. The van der Waals surface area contributed by atoms with Gasteiger partial charge < -0.3 is 9.88 Å². The van der Waals surface area contributed by atoms with Crippen LogP contribution in [0.4, 0.5) is 0 Å². The van der Waals surface area contributed by atoms with Crippen molar-refractivity contribution < 1.29 is 4.79 Å². The molecule has 1 amide bonds. The zero-order valence-electron chi connectivity index (χ0n) is 13.5. The lowest BCUT2D eigenvalue weighted by atomic mass is 10.0. The van der Waals surface area contributed by atoms with Crippen LogP contribution in [0.25, 0.3) is 0 Å². The maximum atomic E-state index is 12.3. The maximum Gasteiger partial charge on any atom is 0.252 e. The van der Waals surface area contributed by atoms with Gasteiger partial charge in [0, 0.05) is 29.2 Å². The van der Waals surface area contributed by atoms with Gasteiger partial charge in [-0.2, -0.15) is 0 Å². The SMILES string of the molecule is CCn1ccc(C(=O)N[C@@H](C)c2nc3c(s2)CCCC3)cc1=O. The number of rotatable bonds is 4. The van der Waals surface area contributed by atoms with E-state index < -0.39 is 0 Å². The van der Waals surface area contributed by atoms with Gasteiger partial charge >= 0.3 is 0 Å². The van der Waals surface area contributed by atoms with Crippen LogP contribution in [0.15, 0.2) is 23.1 Å². The zero-order chi connectivity index (χ0) is 16.4. The van der Waals surface area contributed by atoms with Crippen molar-refractivity contribution in [2.75, 3.05) is 0 Å². The second kappa shape index (κ2) is 6.66. The Bertz CT molecular complexity index is 755. The van der Waals surface area contributed by atoms with E-state index in [0.717, 1.165) is 17.8 Å². The summed E-state index contributed by atoms with van der Waals surface area (Å²) in [5, 5.41) is 3.90. The summed E-state index contributed by atoms with van der Waals surface area (Å²) in [5.74, 6) is -0.231. The molecule has 3 rings (SSSR count). The van der Waals surface area contributed by atoms with Crippen LogP contribution in [-0.2, 0) is 19.4 Å². The summed E-state index contributed by atoms with van der Waals surface area (Å²) in [6.07, 6.45) is 6.22. The second-order valence-corrected chi connectivity index (χ2v) is 6.98. The first-order valence-electron chi connectivity index (χ1n) is 8.08. The minimum atomic E-state index is -0.231. The lowest BCUT2D eigenvalue weighted by Crippen LogP contribution is -2.28. The van der Waals surface area contributed by atoms with Crippen LogP contribution in [0.2, 0.25) is 0 Å². The van der Waals surface area contributed by atoms with Crippen molar-refractivity contribution >= 4 is 17.2 Å². The molecule has 0 aliphatic heterocycles. The van der Waals surface area contributed by atoms with E-state index in [-0.39, 0.29) is 17.5 Å². The third-order valence-corrected chi connectivity index (χ3v) is 5.52. The van der Waals surface area contributed by atoms with Gasteiger partial charge in [-0.1, -0.05) is 0 Å². The third-order valence-electron chi connectivity index (χ3n) is 4.18. The number of nitrogens with zero attached hydrogens (tertiary/aromatic N) is 2. The standard InChI is InChI=1S/C17H21N3O2S/c1-3-20-9-8-12(10-15(20)21)16(22)18-11(2)17-19-13-6-4-5-7-14(13)23-17/h8-11H,3-7H2,1-2H3,(H,18,22)/t11-/m0/s1. The minimum Gasteiger partial charge on any atom is -0.343 e. The number of carbonyl (C=O) groups is 1. The van der Waals surface area contributed by atoms with Gasteiger partial charge in [0.15, 0.2) is 0 Å². The lowest BCUT2D eigenvalue weighted by molar-refractivity contribution is 0.0939. The Labute approximate surface area is 139 Å². The van der Waals surface area contributed by atoms with Crippen LogP contribution in [0, 0.1) is 0 Å². The number of aromatic nitrogens is 2. The summed E-state index contributed by atoms with van der Waals surface area (Å²) in [7, 11) is 0. The highest BCUT2D eigenvalue weighted by Crippen LogP contribution is 2.29. The van der Waals surface area contributed by atoms with Crippen LogP contribution in [0.3, 0.4) is 0 Å². The molecule has 1 aliphatic carbocycles. The van der Waals surface area contributed by atoms with Crippen LogP contribution in [-0.4, -0.2) is 15.5 Å². The number of fused-ring (bicyclic) bond motifs is 1. The van der Waals surface area contributed by atoms with Gasteiger partial charge in [0.1, 0.15) is 5.01 Å². The van der Waals surface area contributed by atoms with Gasteiger partial charge in [0.25, 0.3) is 11.5 Å². The largest absolute Gasteiger partial charge is 0.343 e. The molecule has 2 heterocycles. The molecule has 1 N–H and O–H groups in total. The molecule has 1 aliphatic rings. The van der Waals surface area contributed by atoms with E-state index in [1.807, 2.05) is 13.8 Å². The molecule has 0 radical (unpaired) electrons. The molecule has 0 saturated heterocycles. The highest BCUT2D eigenvalue weighted by atomic mass is 32.1. The normalized spacial score (nSPS) is 15.0. The van der Waals surface area contributed by atoms with Crippen molar-refractivity contribution in [3.63, 3.8) is 0 Å². The van der Waals surface area contributed by atoms with Crippen LogP contribution in [0.1, 0.15) is 58.7 Å². The predicted octanol–water partition coefficient (Wildman–Crippen LogP) is 2.69.